The number of para-hydroxylation sites is 3. The average molecular weight is 475 g/mol. The molecule has 0 unspecified atom stereocenters. The van der Waals surface area contributed by atoms with Crippen molar-refractivity contribution in [3.8, 4) is 11.3 Å². The molecule has 2 N–H and O–H groups in total. The quantitative estimate of drug-likeness (QED) is 0.416. The molecule has 172 valence electrons. The summed E-state index contributed by atoms with van der Waals surface area (Å²) < 4.78 is 1.42. The van der Waals surface area contributed by atoms with Gasteiger partial charge in [0.05, 0.1) is 27.4 Å². The fourth-order valence-electron chi connectivity index (χ4n) is 3.78. The Balaban J connectivity index is 1.89. The molecule has 1 heterocycles. The van der Waals surface area contributed by atoms with Crippen molar-refractivity contribution in [3.63, 3.8) is 0 Å². The van der Waals surface area contributed by atoms with Gasteiger partial charge in [0.2, 0.25) is 11.8 Å². The van der Waals surface area contributed by atoms with Gasteiger partial charge in [0.1, 0.15) is 11.7 Å². The van der Waals surface area contributed by atoms with Crippen LogP contribution < -0.4 is 16.2 Å². The Morgan fingerprint density at radius 2 is 1.68 bits per heavy atom. The molecule has 0 fully saturated rings. The Morgan fingerprint density at radius 1 is 0.971 bits per heavy atom. The van der Waals surface area contributed by atoms with Crippen LogP contribution in [-0.4, -0.2) is 21.4 Å². The largest absolute Gasteiger partial charge is 0.326 e. The molecule has 1 aromatic heterocycles. The Bertz CT molecular complexity index is 1480. The number of aryl methyl sites for hydroxylation is 1. The highest BCUT2D eigenvalue weighted by molar-refractivity contribution is 6.33. The van der Waals surface area contributed by atoms with Gasteiger partial charge < -0.3 is 10.6 Å². The Morgan fingerprint density at radius 3 is 2.41 bits per heavy atom. The molecule has 0 radical (unpaired) electrons. The second-order valence-corrected chi connectivity index (χ2v) is 8.41. The molecular formula is C26H23ClN4O3. The van der Waals surface area contributed by atoms with Gasteiger partial charge in [-0.15, -0.1) is 0 Å². The summed E-state index contributed by atoms with van der Waals surface area (Å²) in [6, 6.07) is 18.5. The minimum absolute atomic E-state index is 0.142. The highest BCUT2D eigenvalue weighted by Crippen LogP contribution is 2.28. The molecule has 4 rings (SSSR count). The number of hydrogen-bond donors (Lipinski definition) is 2. The molecule has 8 heteroatoms. The number of rotatable bonds is 5. The van der Waals surface area contributed by atoms with Crippen LogP contribution in [0.15, 0.2) is 71.5 Å². The highest BCUT2D eigenvalue weighted by Gasteiger charge is 2.23. The van der Waals surface area contributed by atoms with Gasteiger partial charge in [-0.1, -0.05) is 47.5 Å². The molecule has 0 spiro atoms. The summed E-state index contributed by atoms with van der Waals surface area (Å²) in [5, 5.41) is 5.96. The normalized spacial score (nSPS) is 11.8. The minimum Gasteiger partial charge on any atom is -0.326 e. The lowest BCUT2D eigenvalue weighted by atomic mass is 10.1. The molecule has 2 amide bonds. The van der Waals surface area contributed by atoms with Crippen molar-refractivity contribution in [2.75, 3.05) is 10.6 Å². The number of amides is 2. The van der Waals surface area contributed by atoms with Crippen LogP contribution >= 0.6 is 11.6 Å². The number of fused-ring (bicyclic) bond motifs is 1. The zero-order valence-electron chi connectivity index (χ0n) is 18.9. The summed E-state index contributed by atoms with van der Waals surface area (Å²) in [6.07, 6.45) is 0. The van der Waals surface area contributed by atoms with E-state index in [9.17, 15) is 14.4 Å². The molecule has 0 aliphatic rings. The third-order valence-corrected chi connectivity index (χ3v) is 5.76. The molecule has 0 saturated carbocycles. The highest BCUT2D eigenvalue weighted by atomic mass is 35.5. The first kappa shape index (κ1) is 23.2. The van der Waals surface area contributed by atoms with E-state index < -0.39 is 17.5 Å². The van der Waals surface area contributed by atoms with Crippen LogP contribution in [0.25, 0.3) is 22.3 Å². The topological polar surface area (TPSA) is 93.1 Å². The summed E-state index contributed by atoms with van der Waals surface area (Å²) >= 11 is 6.20. The molecule has 4 aromatic rings. The summed E-state index contributed by atoms with van der Waals surface area (Å²) in [7, 11) is 0. The van der Waals surface area contributed by atoms with Gasteiger partial charge in [-0.25, -0.2) is 4.98 Å². The van der Waals surface area contributed by atoms with Gasteiger partial charge in [-0.3, -0.25) is 19.0 Å². The van der Waals surface area contributed by atoms with E-state index in [1.807, 2.05) is 19.1 Å². The van der Waals surface area contributed by atoms with Crippen molar-refractivity contribution < 1.29 is 9.59 Å². The summed E-state index contributed by atoms with van der Waals surface area (Å²) in [4.78, 5) is 43.3. The lowest BCUT2D eigenvalue weighted by molar-refractivity contribution is -0.118. The van der Waals surface area contributed by atoms with Crippen molar-refractivity contribution >= 4 is 45.8 Å². The first-order valence-corrected chi connectivity index (χ1v) is 11.1. The maximum Gasteiger partial charge on any atom is 0.278 e. The molecule has 3 aromatic carbocycles. The molecule has 0 aliphatic heterocycles. The lowest BCUT2D eigenvalue weighted by Crippen LogP contribution is -2.33. The van der Waals surface area contributed by atoms with Crippen LogP contribution in [-0.2, 0) is 9.59 Å². The number of aromatic nitrogens is 2. The van der Waals surface area contributed by atoms with E-state index >= 15 is 0 Å². The van der Waals surface area contributed by atoms with Crippen LogP contribution in [0.5, 0.6) is 0 Å². The number of anilines is 2. The predicted molar refractivity (Wildman–Crippen MR) is 135 cm³/mol. The molecular weight excluding hydrogens is 452 g/mol. The molecule has 0 aliphatic carbocycles. The van der Waals surface area contributed by atoms with Gasteiger partial charge in [-0.2, -0.15) is 0 Å². The number of carbonyl (C=O) groups excluding carboxylic acids is 2. The monoisotopic (exact) mass is 474 g/mol. The van der Waals surface area contributed by atoms with Crippen molar-refractivity contribution in [2.45, 2.75) is 26.8 Å². The number of carbonyl (C=O) groups is 2. The van der Waals surface area contributed by atoms with E-state index in [-0.39, 0.29) is 11.6 Å². The smallest absolute Gasteiger partial charge is 0.278 e. The van der Waals surface area contributed by atoms with E-state index in [0.29, 0.717) is 33.0 Å². The first-order chi connectivity index (χ1) is 16.3. The summed E-state index contributed by atoms with van der Waals surface area (Å²) in [5.41, 5.74) is 3.07. The molecule has 0 bridgehead atoms. The molecule has 1 atom stereocenters. The van der Waals surface area contributed by atoms with E-state index in [0.717, 1.165) is 5.56 Å². The Kier molecular flexibility index (Phi) is 6.47. The molecule has 0 saturated heterocycles. The number of nitrogens with zero attached hydrogens (tertiary/aromatic N) is 2. The fraction of sp³-hybridized carbons (Fsp3) is 0.154. The van der Waals surface area contributed by atoms with Crippen molar-refractivity contribution in [3.05, 3.63) is 87.7 Å². The maximum atomic E-state index is 13.8. The van der Waals surface area contributed by atoms with Gasteiger partial charge in [-0.05, 0) is 50.2 Å². The van der Waals surface area contributed by atoms with E-state index in [1.165, 1.54) is 11.5 Å². The van der Waals surface area contributed by atoms with Gasteiger partial charge in [0.25, 0.3) is 5.56 Å². The fourth-order valence-corrected chi connectivity index (χ4v) is 3.97. The van der Waals surface area contributed by atoms with Crippen LogP contribution in [0.2, 0.25) is 5.02 Å². The van der Waals surface area contributed by atoms with Crippen molar-refractivity contribution in [1.29, 1.82) is 0 Å². The number of benzene rings is 3. The van der Waals surface area contributed by atoms with Crippen LogP contribution in [0, 0.1) is 6.92 Å². The second kappa shape index (κ2) is 9.49. The molecule has 7 nitrogen and oxygen atoms in total. The van der Waals surface area contributed by atoms with Gasteiger partial charge >= 0.3 is 0 Å². The SMILES string of the molecule is CC(=O)Nc1ccc(C)cc1-c1nc2ccccc2n([C@H](C)C(=O)Nc2ccccc2Cl)c1=O. The van der Waals surface area contributed by atoms with Crippen LogP contribution in [0.3, 0.4) is 0 Å². The third kappa shape index (κ3) is 4.56. The molecule has 34 heavy (non-hydrogen) atoms. The zero-order valence-corrected chi connectivity index (χ0v) is 19.7. The number of nitrogens with one attached hydrogen (secondary N) is 2. The lowest BCUT2D eigenvalue weighted by Gasteiger charge is -2.20. The average Bonchev–Trinajstić information content (AvgIpc) is 2.80. The van der Waals surface area contributed by atoms with E-state index in [1.54, 1.807) is 61.5 Å². The van der Waals surface area contributed by atoms with Crippen LogP contribution in [0.4, 0.5) is 11.4 Å². The van der Waals surface area contributed by atoms with Crippen LogP contribution in [0.1, 0.15) is 25.5 Å². The first-order valence-electron chi connectivity index (χ1n) is 10.7. The second-order valence-electron chi connectivity index (χ2n) is 8.00. The zero-order chi connectivity index (χ0) is 24.4. The van der Waals surface area contributed by atoms with E-state index in [4.69, 9.17) is 11.6 Å². The maximum absolute atomic E-state index is 13.8. The summed E-state index contributed by atoms with van der Waals surface area (Å²) in [6.45, 7) is 4.94. The van der Waals surface area contributed by atoms with Crippen molar-refractivity contribution in [2.24, 2.45) is 0 Å². The summed E-state index contributed by atoms with van der Waals surface area (Å²) in [5.74, 6) is -0.664. The van der Waals surface area contributed by atoms with Crippen molar-refractivity contribution in [1.82, 2.24) is 9.55 Å². The minimum atomic E-state index is -0.871. The van der Waals surface area contributed by atoms with E-state index in [2.05, 4.69) is 15.6 Å². The Labute approximate surface area is 201 Å². The standard InChI is InChI=1S/C26H23ClN4O3/c1-15-12-13-20(28-17(3)32)18(14-15)24-26(34)31(23-11-7-6-10-22(23)29-24)16(2)25(33)30-21-9-5-4-8-19(21)27/h4-14,16H,1-3H3,(H,28,32)(H,30,33)/t16-/m1/s1. The van der Waals surface area contributed by atoms with Gasteiger partial charge in [0.15, 0.2) is 0 Å². The Hall–Kier alpha value is -3.97. The van der Waals surface area contributed by atoms with Gasteiger partial charge in [0, 0.05) is 12.5 Å². The number of halogens is 1. The number of hydrogen-bond acceptors (Lipinski definition) is 4. The third-order valence-electron chi connectivity index (χ3n) is 5.43. The predicted octanol–water partition coefficient (Wildman–Crippen LogP) is 5.18.